The number of carbonyl (C=O) groups excluding carboxylic acids is 2. The van der Waals surface area contributed by atoms with Crippen LogP contribution in [-0.2, 0) is 9.59 Å². The molecule has 6 nitrogen and oxygen atoms in total. The molecule has 0 bridgehead atoms. The molecule has 42 heavy (non-hydrogen) atoms. The number of allylic oxidation sites excluding steroid dienone is 4. The molecule has 0 unspecified atom stereocenters. The molecule has 2 aliphatic rings. The molecule has 2 fully saturated rings. The standard InChI is InChI=1S/C36H44N2O4/c1-23-13-7-9-15-25(23)37-27-19-35(3,4)21-31(41)33(27)29(39)17-11-12-18-30(40)34-28(20-36(5,6)22-32(34)42)38-26-16-10-8-14-24(26)2/h7-10,13-16,39-40H,11-12,17-22H2,1-6H3. The Labute approximate surface area is 250 Å². The lowest BCUT2D eigenvalue weighted by atomic mass is 9.73. The van der Waals surface area contributed by atoms with E-state index < -0.39 is 0 Å². The van der Waals surface area contributed by atoms with E-state index in [1.54, 1.807) is 0 Å². The summed E-state index contributed by atoms with van der Waals surface area (Å²) in [5.74, 6) is -0.0819. The number of nitrogens with zero attached hydrogens (tertiary/aromatic N) is 2. The third-order valence-electron chi connectivity index (χ3n) is 8.10. The second kappa shape index (κ2) is 12.6. The van der Waals surface area contributed by atoms with E-state index >= 15 is 0 Å². The maximum Gasteiger partial charge on any atom is 0.168 e. The van der Waals surface area contributed by atoms with Crippen molar-refractivity contribution < 1.29 is 19.8 Å². The first kappa shape index (κ1) is 31.1. The Balaban J connectivity index is 1.53. The Kier molecular flexibility index (Phi) is 9.34. The van der Waals surface area contributed by atoms with Gasteiger partial charge in [-0.1, -0.05) is 64.1 Å². The molecule has 222 valence electrons. The lowest BCUT2D eigenvalue weighted by molar-refractivity contribution is -0.118. The van der Waals surface area contributed by atoms with Gasteiger partial charge in [-0.05, 0) is 73.6 Å². The predicted octanol–water partition coefficient (Wildman–Crippen LogP) is 9.11. The third kappa shape index (κ3) is 7.53. The Morgan fingerprint density at radius 3 is 1.36 bits per heavy atom. The molecule has 2 aliphatic carbocycles. The van der Waals surface area contributed by atoms with Crippen LogP contribution in [0.1, 0.15) is 90.2 Å². The molecule has 0 radical (unpaired) electrons. The summed E-state index contributed by atoms with van der Waals surface area (Å²) < 4.78 is 0. The van der Waals surface area contributed by atoms with Gasteiger partial charge in [0, 0.05) is 25.7 Å². The van der Waals surface area contributed by atoms with Gasteiger partial charge in [-0.15, -0.1) is 0 Å². The van der Waals surface area contributed by atoms with Crippen molar-refractivity contribution in [2.75, 3.05) is 0 Å². The molecule has 2 aromatic rings. The van der Waals surface area contributed by atoms with Crippen LogP contribution in [0.4, 0.5) is 11.4 Å². The smallest absolute Gasteiger partial charge is 0.168 e. The van der Waals surface area contributed by atoms with E-state index in [2.05, 4.69) is 0 Å². The average Bonchev–Trinajstić information content (AvgIpc) is 2.87. The van der Waals surface area contributed by atoms with Crippen LogP contribution >= 0.6 is 0 Å². The van der Waals surface area contributed by atoms with Crippen molar-refractivity contribution in [3.05, 3.63) is 82.3 Å². The zero-order chi connectivity index (χ0) is 30.7. The van der Waals surface area contributed by atoms with E-state index in [0.29, 0.717) is 73.9 Å². The fourth-order valence-electron chi connectivity index (χ4n) is 5.93. The van der Waals surface area contributed by atoms with Crippen molar-refractivity contribution in [1.29, 1.82) is 0 Å². The maximum atomic E-state index is 13.2. The summed E-state index contributed by atoms with van der Waals surface area (Å²) in [6, 6.07) is 15.5. The van der Waals surface area contributed by atoms with Crippen LogP contribution in [0.25, 0.3) is 0 Å². The van der Waals surface area contributed by atoms with Crippen molar-refractivity contribution in [2.24, 2.45) is 20.8 Å². The van der Waals surface area contributed by atoms with Crippen LogP contribution in [0, 0.1) is 24.7 Å². The largest absolute Gasteiger partial charge is 0.511 e. The van der Waals surface area contributed by atoms with E-state index in [9.17, 15) is 19.8 Å². The van der Waals surface area contributed by atoms with Gasteiger partial charge in [-0.2, -0.15) is 0 Å². The summed E-state index contributed by atoms with van der Waals surface area (Å²) in [5, 5.41) is 22.2. The summed E-state index contributed by atoms with van der Waals surface area (Å²) >= 11 is 0. The van der Waals surface area contributed by atoms with E-state index in [1.165, 1.54) is 0 Å². The number of aliphatic hydroxyl groups is 2. The predicted molar refractivity (Wildman–Crippen MR) is 170 cm³/mol. The van der Waals surface area contributed by atoms with Gasteiger partial charge in [0.15, 0.2) is 11.6 Å². The minimum Gasteiger partial charge on any atom is -0.511 e. The molecule has 2 saturated carbocycles. The maximum absolute atomic E-state index is 13.2. The Morgan fingerprint density at radius 2 is 1.00 bits per heavy atom. The summed E-state index contributed by atoms with van der Waals surface area (Å²) in [5.41, 5.74) is 5.05. The van der Waals surface area contributed by atoms with Gasteiger partial charge in [0.05, 0.1) is 33.9 Å². The number of ketones is 2. The molecule has 2 aromatic carbocycles. The number of Topliss-reactive ketones (excluding diaryl/α,β-unsaturated/α-hetero) is 2. The molecule has 0 aliphatic heterocycles. The topological polar surface area (TPSA) is 99.3 Å². The van der Waals surface area contributed by atoms with Gasteiger partial charge in [0.25, 0.3) is 0 Å². The molecule has 2 N–H and O–H groups in total. The van der Waals surface area contributed by atoms with Crippen LogP contribution < -0.4 is 0 Å². The minimum absolute atomic E-state index is 0.0484. The molecule has 0 aromatic heterocycles. The molecular formula is C36H44N2O4. The SMILES string of the molecule is Cc1ccccc1N=C1CC(C)(C)CC(=O)C1=C(O)CCCCC(O)=C1C(=O)CC(C)(C)CC1=Nc1ccccc1C. The number of benzene rings is 2. The summed E-state index contributed by atoms with van der Waals surface area (Å²) in [6.07, 6.45) is 3.59. The van der Waals surface area contributed by atoms with E-state index in [-0.39, 0.29) is 33.9 Å². The lowest BCUT2D eigenvalue weighted by Gasteiger charge is -2.31. The Morgan fingerprint density at radius 1 is 0.643 bits per heavy atom. The average molecular weight is 569 g/mol. The zero-order valence-electron chi connectivity index (χ0n) is 25.9. The van der Waals surface area contributed by atoms with Gasteiger partial charge in [-0.25, -0.2) is 0 Å². The molecule has 0 heterocycles. The van der Waals surface area contributed by atoms with E-state index in [1.807, 2.05) is 90.1 Å². The van der Waals surface area contributed by atoms with Crippen LogP contribution in [0.3, 0.4) is 0 Å². The highest BCUT2D eigenvalue weighted by Crippen LogP contribution is 2.39. The number of para-hydroxylation sites is 2. The van der Waals surface area contributed by atoms with Crippen LogP contribution in [0.5, 0.6) is 0 Å². The van der Waals surface area contributed by atoms with Gasteiger partial charge in [-0.3, -0.25) is 19.6 Å². The normalized spacial score (nSPS) is 22.9. The Hall–Kier alpha value is -3.80. The zero-order valence-corrected chi connectivity index (χ0v) is 25.9. The van der Waals surface area contributed by atoms with Crippen LogP contribution in [-0.4, -0.2) is 33.2 Å². The number of hydrogen-bond acceptors (Lipinski definition) is 6. The van der Waals surface area contributed by atoms with Gasteiger partial charge in [0.1, 0.15) is 11.5 Å². The van der Waals surface area contributed by atoms with E-state index in [0.717, 1.165) is 22.5 Å². The monoisotopic (exact) mass is 568 g/mol. The van der Waals surface area contributed by atoms with E-state index in [4.69, 9.17) is 9.98 Å². The number of hydrogen-bond donors (Lipinski definition) is 2. The highest BCUT2D eigenvalue weighted by Gasteiger charge is 2.37. The third-order valence-corrected chi connectivity index (χ3v) is 8.10. The Bertz CT molecular complexity index is 1390. The second-order valence-corrected chi connectivity index (χ2v) is 13.4. The number of aliphatic hydroxyl groups excluding tert-OH is 2. The number of unbranched alkanes of at least 4 members (excludes halogenated alkanes) is 1. The molecule has 0 amide bonds. The fraction of sp³-hybridized carbons (Fsp3) is 0.444. The highest BCUT2D eigenvalue weighted by molar-refractivity contribution is 6.26. The van der Waals surface area contributed by atoms with Crippen molar-refractivity contribution in [1.82, 2.24) is 0 Å². The number of carbonyl (C=O) groups is 2. The van der Waals surface area contributed by atoms with Crippen molar-refractivity contribution >= 4 is 34.4 Å². The van der Waals surface area contributed by atoms with Gasteiger partial charge >= 0.3 is 0 Å². The molecule has 0 saturated heterocycles. The molecular weight excluding hydrogens is 524 g/mol. The number of aryl methyl sites for hydroxylation is 2. The quantitative estimate of drug-likeness (QED) is 0.198. The van der Waals surface area contributed by atoms with Crippen LogP contribution in [0.15, 0.2) is 81.2 Å². The first-order valence-corrected chi connectivity index (χ1v) is 14.9. The van der Waals surface area contributed by atoms with Crippen LogP contribution in [0.2, 0.25) is 0 Å². The van der Waals surface area contributed by atoms with Gasteiger partial charge < -0.3 is 10.2 Å². The first-order chi connectivity index (χ1) is 19.8. The minimum atomic E-state index is -0.237. The van der Waals surface area contributed by atoms with Crippen molar-refractivity contribution in [3.63, 3.8) is 0 Å². The number of aliphatic imine (C=N–C) groups is 2. The highest BCUT2D eigenvalue weighted by atomic mass is 16.3. The number of rotatable bonds is 7. The van der Waals surface area contributed by atoms with Gasteiger partial charge in [0.2, 0.25) is 0 Å². The summed E-state index contributed by atoms with van der Waals surface area (Å²) in [7, 11) is 0. The second-order valence-electron chi connectivity index (χ2n) is 13.4. The summed E-state index contributed by atoms with van der Waals surface area (Å²) in [6.45, 7) is 12.2. The van der Waals surface area contributed by atoms with Crippen molar-refractivity contribution in [2.45, 2.75) is 92.9 Å². The first-order valence-electron chi connectivity index (χ1n) is 14.9. The summed E-state index contributed by atoms with van der Waals surface area (Å²) in [4.78, 5) is 36.0. The molecule has 0 atom stereocenters. The fourth-order valence-corrected chi connectivity index (χ4v) is 5.93. The molecule has 0 spiro atoms. The molecule has 4 rings (SSSR count). The van der Waals surface area contributed by atoms with Crippen molar-refractivity contribution in [3.8, 4) is 0 Å². The lowest BCUT2D eigenvalue weighted by Crippen LogP contribution is -2.32. The molecule has 6 heteroatoms.